The fraction of sp³-hybridized carbons (Fsp3) is 0.474. The summed E-state index contributed by atoms with van der Waals surface area (Å²) in [4.78, 5) is 19.4. The molecule has 0 bridgehead atoms. The van der Waals surface area contributed by atoms with E-state index in [4.69, 9.17) is 4.74 Å². The summed E-state index contributed by atoms with van der Waals surface area (Å²) in [5.41, 5.74) is 1.32. The molecule has 24 heavy (non-hydrogen) atoms. The zero-order valence-electron chi connectivity index (χ0n) is 14.4. The van der Waals surface area contributed by atoms with Crippen molar-refractivity contribution in [1.82, 2.24) is 15.2 Å². The predicted molar refractivity (Wildman–Crippen MR) is 95.1 cm³/mol. The second kappa shape index (κ2) is 7.73. The van der Waals surface area contributed by atoms with Crippen molar-refractivity contribution in [2.75, 3.05) is 32.8 Å². The van der Waals surface area contributed by atoms with E-state index in [1.54, 1.807) is 6.07 Å². The van der Waals surface area contributed by atoms with E-state index in [2.05, 4.69) is 29.0 Å². The molecular formula is C19H25N3O2. The number of benzene rings is 1. The van der Waals surface area contributed by atoms with Gasteiger partial charge in [0.05, 0.1) is 18.7 Å². The quantitative estimate of drug-likeness (QED) is 0.916. The average Bonchev–Trinajstić information content (AvgIpc) is 2.62. The van der Waals surface area contributed by atoms with E-state index in [1.165, 1.54) is 0 Å². The number of aromatic nitrogens is 1. The number of hydrogen-bond donors (Lipinski definition) is 1. The summed E-state index contributed by atoms with van der Waals surface area (Å²) in [6.45, 7) is 8.40. The lowest BCUT2D eigenvalue weighted by molar-refractivity contribution is 0.00671. The number of fused-ring (bicyclic) bond motifs is 1. The van der Waals surface area contributed by atoms with Crippen molar-refractivity contribution in [2.45, 2.75) is 19.9 Å². The molecule has 128 valence electrons. The second-order valence-electron chi connectivity index (χ2n) is 6.56. The molecule has 1 atom stereocenters. The van der Waals surface area contributed by atoms with Crippen LogP contribution < -0.4 is 5.32 Å². The van der Waals surface area contributed by atoms with Crippen molar-refractivity contribution >= 4 is 16.8 Å². The fourth-order valence-electron chi connectivity index (χ4n) is 3.18. The van der Waals surface area contributed by atoms with Crippen LogP contribution in [0.25, 0.3) is 10.9 Å². The summed E-state index contributed by atoms with van der Waals surface area (Å²) in [5, 5.41) is 4.10. The van der Waals surface area contributed by atoms with Crippen LogP contribution in [0, 0.1) is 5.92 Å². The molecule has 1 saturated heterocycles. The highest BCUT2D eigenvalue weighted by molar-refractivity contribution is 5.94. The Bertz CT molecular complexity index is 696. The summed E-state index contributed by atoms with van der Waals surface area (Å²) in [6, 6.07) is 11.9. The lowest BCUT2D eigenvalue weighted by Crippen LogP contribution is -2.51. The van der Waals surface area contributed by atoms with Gasteiger partial charge in [-0.25, -0.2) is 4.98 Å². The molecule has 1 N–H and O–H groups in total. The Labute approximate surface area is 143 Å². The van der Waals surface area contributed by atoms with Crippen LogP contribution >= 0.6 is 0 Å². The van der Waals surface area contributed by atoms with E-state index < -0.39 is 0 Å². The van der Waals surface area contributed by atoms with Crippen LogP contribution in [0.3, 0.4) is 0 Å². The zero-order chi connectivity index (χ0) is 16.9. The van der Waals surface area contributed by atoms with Gasteiger partial charge in [-0.15, -0.1) is 0 Å². The maximum atomic E-state index is 12.5. The molecule has 0 saturated carbocycles. The number of carbonyl (C=O) groups excluding carboxylic acids is 1. The number of carbonyl (C=O) groups is 1. The molecular weight excluding hydrogens is 302 g/mol. The molecule has 2 heterocycles. The summed E-state index contributed by atoms with van der Waals surface area (Å²) in [6.07, 6.45) is 0. The monoisotopic (exact) mass is 327 g/mol. The number of pyridine rings is 1. The van der Waals surface area contributed by atoms with Gasteiger partial charge in [0.2, 0.25) is 0 Å². The molecule has 1 aromatic heterocycles. The van der Waals surface area contributed by atoms with Crippen molar-refractivity contribution in [3.8, 4) is 0 Å². The molecule has 0 radical (unpaired) electrons. The molecule has 1 unspecified atom stereocenters. The summed E-state index contributed by atoms with van der Waals surface area (Å²) >= 11 is 0. The third-order valence-corrected chi connectivity index (χ3v) is 4.59. The molecule has 5 heteroatoms. The lowest BCUT2D eigenvalue weighted by atomic mass is 10.0. The summed E-state index contributed by atoms with van der Waals surface area (Å²) in [7, 11) is 0. The van der Waals surface area contributed by atoms with Gasteiger partial charge in [0, 0.05) is 31.1 Å². The normalized spacial score (nSPS) is 17.1. The Morgan fingerprint density at radius 2 is 1.96 bits per heavy atom. The van der Waals surface area contributed by atoms with Crippen LogP contribution in [0.15, 0.2) is 36.4 Å². The molecule has 5 nitrogen and oxygen atoms in total. The summed E-state index contributed by atoms with van der Waals surface area (Å²) in [5.74, 6) is 0.354. The lowest BCUT2D eigenvalue weighted by Gasteiger charge is -2.36. The van der Waals surface area contributed by atoms with Gasteiger partial charge in [-0.1, -0.05) is 38.1 Å². The first-order valence-electron chi connectivity index (χ1n) is 8.61. The van der Waals surface area contributed by atoms with Crippen LogP contribution in [0.4, 0.5) is 0 Å². The minimum absolute atomic E-state index is 0.111. The third-order valence-electron chi connectivity index (χ3n) is 4.59. The number of ether oxygens (including phenoxy) is 1. The predicted octanol–water partition coefficient (Wildman–Crippen LogP) is 2.32. The van der Waals surface area contributed by atoms with Crippen molar-refractivity contribution in [3.05, 3.63) is 42.1 Å². The number of rotatable bonds is 5. The Balaban J connectivity index is 1.65. The van der Waals surface area contributed by atoms with Crippen LogP contribution in [-0.4, -0.2) is 54.7 Å². The summed E-state index contributed by atoms with van der Waals surface area (Å²) < 4.78 is 5.43. The highest BCUT2D eigenvalue weighted by atomic mass is 16.5. The van der Waals surface area contributed by atoms with Gasteiger partial charge in [-0.3, -0.25) is 9.69 Å². The number of para-hydroxylation sites is 1. The van der Waals surface area contributed by atoms with Crippen molar-refractivity contribution in [1.29, 1.82) is 0 Å². The van der Waals surface area contributed by atoms with Gasteiger partial charge in [0.25, 0.3) is 5.91 Å². The van der Waals surface area contributed by atoms with Gasteiger partial charge in [0.15, 0.2) is 0 Å². The van der Waals surface area contributed by atoms with Gasteiger partial charge in [-0.05, 0) is 18.1 Å². The maximum Gasteiger partial charge on any atom is 0.269 e. The van der Waals surface area contributed by atoms with Gasteiger partial charge >= 0.3 is 0 Å². The smallest absolute Gasteiger partial charge is 0.269 e. The van der Waals surface area contributed by atoms with Crippen molar-refractivity contribution in [2.24, 2.45) is 5.92 Å². The van der Waals surface area contributed by atoms with Crippen LogP contribution in [0.1, 0.15) is 24.3 Å². The maximum absolute atomic E-state index is 12.5. The highest BCUT2D eigenvalue weighted by Crippen LogP contribution is 2.14. The molecule has 1 fully saturated rings. The topological polar surface area (TPSA) is 54.5 Å². The minimum Gasteiger partial charge on any atom is -0.379 e. The Morgan fingerprint density at radius 3 is 2.71 bits per heavy atom. The molecule has 0 spiro atoms. The van der Waals surface area contributed by atoms with E-state index in [1.807, 2.05) is 30.3 Å². The Morgan fingerprint density at radius 1 is 1.21 bits per heavy atom. The van der Waals surface area contributed by atoms with Crippen molar-refractivity contribution < 1.29 is 9.53 Å². The van der Waals surface area contributed by atoms with Gasteiger partial charge in [-0.2, -0.15) is 0 Å². The first-order valence-corrected chi connectivity index (χ1v) is 8.61. The van der Waals surface area contributed by atoms with Crippen LogP contribution in [0.5, 0.6) is 0 Å². The van der Waals surface area contributed by atoms with Crippen molar-refractivity contribution in [3.63, 3.8) is 0 Å². The molecule has 1 aliphatic heterocycles. The average molecular weight is 327 g/mol. The minimum atomic E-state index is -0.111. The number of amides is 1. The SMILES string of the molecule is CC(C)C(CNC(=O)c1ccc2ccccc2n1)N1CCOCC1. The van der Waals surface area contributed by atoms with Gasteiger partial charge in [0.1, 0.15) is 5.69 Å². The molecule has 1 aromatic carbocycles. The third kappa shape index (κ3) is 3.91. The first kappa shape index (κ1) is 16.9. The van der Waals surface area contributed by atoms with E-state index in [0.717, 1.165) is 37.2 Å². The van der Waals surface area contributed by atoms with Gasteiger partial charge < -0.3 is 10.1 Å². The molecule has 2 aromatic rings. The molecule has 3 rings (SSSR count). The standard InChI is InChI=1S/C19H25N3O2/c1-14(2)18(22-9-11-24-12-10-22)13-20-19(23)17-8-7-15-5-3-4-6-16(15)21-17/h3-8,14,18H,9-13H2,1-2H3,(H,20,23). The zero-order valence-corrected chi connectivity index (χ0v) is 14.4. The van der Waals surface area contributed by atoms with E-state index in [9.17, 15) is 4.79 Å². The number of nitrogens with zero attached hydrogens (tertiary/aromatic N) is 2. The first-order chi connectivity index (χ1) is 11.6. The number of hydrogen-bond acceptors (Lipinski definition) is 4. The Hall–Kier alpha value is -1.98. The second-order valence-corrected chi connectivity index (χ2v) is 6.56. The van der Waals surface area contributed by atoms with Crippen LogP contribution in [0.2, 0.25) is 0 Å². The largest absolute Gasteiger partial charge is 0.379 e. The van der Waals surface area contributed by atoms with Crippen LogP contribution in [-0.2, 0) is 4.74 Å². The molecule has 0 aliphatic carbocycles. The number of morpholine rings is 1. The van der Waals surface area contributed by atoms with E-state index in [-0.39, 0.29) is 5.91 Å². The molecule has 1 aliphatic rings. The van der Waals surface area contributed by atoms with E-state index >= 15 is 0 Å². The number of nitrogens with one attached hydrogen (secondary N) is 1. The highest BCUT2D eigenvalue weighted by Gasteiger charge is 2.24. The van der Waals surface area contributed by atoms with E-state index in [0.29, 0.717) is 24.2 Å². The fourth-order valence-corrected chi connectivity index (χ4v) is 3.18. The molecule has 1 amide bonds. The Kier molecular flexibility index (Phi) is 5.43.